The minimum absolute atomic E-state index is 0.0552. The molecule has 0 saturated carbocycles. The van der Waals surface area contributed by atoms with E-state index in [1.807, 2.05) is 30.9 Å². The highest BCUT2D eigenvalue weighted by atomic mass is 127. The van der Waals surface area contributed by atoms with E-state index >= 15 is 0 Å². The highest BCUT2D eigenvalue weighted by molar-refractivity contribution is 14.1. The first kappa shape index (κ1) is 22.4. The van der Waals surface area contributed by atoms with E-state index in [-0.39, 0.29) is 12.1 Å². The average Bonchev–Trinajstić information content (AvgIpc) is 2.96. The van der Waals surface area contributed by atoms with Crippen LogP contribution in [-0.4, -0.2) is 38.5 Å². The third kappa shape index (κ3) is 5.81. The minimum atomic E-state index is -1.82. The van der Waals surface area contributed by atoms with E-state index in [9.17, 15) is 4.79 Å². The maximum atomic E-state index is 12.4. The summed E-state index contributed by atoms with van der Waals surface area (Å²) in [6.07, 6.45) is 1.55. The van der Waals surface area contributed by atoms with E-state index in [1.54, 1.807) is 0 Å². The first-order chi connectivity index (χ1) is 12.6. The Balaban J connectivity index is 2.28. The van der Waals surface area contributed by atoms with Crippen molar-refractivity contribution in [2.24, 2.45) is 5.92 Å². The summed E-state index contributed by atoms with van der Waals surface area (Å²) < 4.78 is 13.7. The van der Waals surface area contributed by atoms with E-state index in [4.69, 9.17) is 9.47 Å². The molecule has 6 heteroatoms. The number of carbonyl (C=O) groups is 1. The van der Waals surface area contributed by atoms with Gasteiger partial charge in [-0.2, -0.15) is 0 Å². The third-order valence-corrected chi connectivity index (χ3v) is 9.99. The van der Waals surface area contributed by atoms with Crippen molar-refractivity contribution in [3.05, 3.63) is 40.5 Å². The molecule has 1 aromatic carbocycles. The van der Waals surface area contributed by atoms with Crippen molar-refractivity contribution in [3.63, 3.8) is 0 Å². The van der Waals surface area contributed by atoms with Gasteiger partial charge in [-0.3, -0.25) is 0 Å². The first-order valence-electron chi connectivity index (χ1n) is 9.50. The smallest absolute Gasteiger partial charge is 0.408 e. The molecule has 1 aliphatic heterocycles. The van der Waals surface area contributed by atoms with E-state index in [1.165, 1.54) is 5.19 Å². The normalized spacial score (nSPS) is 24.8. The molecule has 1 saturated heterocycles. The molecule has 1 N–H and O–H groups in total. The third-order valence-electron chi connectivity index (χ3n) is 5.19. The van der Waals surface area contributed by atoms with Gasteiger partial charge in [0.05, 0.1) is 20.2 Å². The molecular formula is C21H32INO3Si. The van der Waals surface area contributed by atoms with Gasteiger partial charge in [0.15, 0.2) is 0 Å². The molecule has 0 radical (unpaired) electrons. The van der Waals surface area contributed by atoms with Crippen LogP contribution in [0.4, 0.5) is 4.79 Å². The van der Waals surface area contributed by atoms with Crippen molar-refractivity contribution in [3.8, 4) is 0 Å². The summed E-state index contributed by atoms with van der Waals surface area (Å²) in [5.41, 5.74) is -0.128. The Morgan fingerprint density at radius 1 is 1.33 bits per heavy atom. The largest absolute Gasteiger partial charge is 0.444 e. The van der Waals surface area contributed by atoms with Crippen molar-refractivity contribution in [1.29, 1.82) is 0 Å². The van der Waals surface area contributed by atoms with Gasteiger partial charge < -0.3 is 14.8 Å². The summed E-state index contributed by atoms with van der Waals surface area (Å²) in [6.45, 7) is 13.4. The van der Waals surface area contributed by atoms with Crippen LogP contribution in [0, 0.1) is 5.92 Å². The molecule has 1 fully saturated rings. The molecule has 1 aromatic rings. The van der Waals surface area contributed by atoms with Gasteiger partial charge >= 0.3 is 6.09 Å². The van der Waals surface area contributed by atoms with Crippen LogP contribution in [0.1, 0.15) is 27.7 Å². The molecule has 1 amide bonds. The topological polar surface area (TPSA) is 47.6 Å². The second-order valence-corrected chi connectivity index (χ2v) is 14.3. The predicted octanol–water partition coefficient (Wildman–Crippen LogP) is 4.85. The number of hydrogen-bond acceptors (Lipinski definition) is 3. The highest BCUT2D eigenvalue weighted by Crippen LogP contribution is 2.42. The van der Waals surface area contributed by atoms with Crippen LogP contribution in [-0.2, 0) is 9.47 Å². The zero-order valence-electron chi connectivity index (χ0n) is 17.2. The Kier molecular flexibility index (Phi) is 7.55. The number of hydrogen-bond donors (Lipinski definition) is 1. The number of ether oxygens (including phenoxy) is 2. The Hall–Kier alpha value is -0.863. The quantitative estimate of drug-likeness (QED) is 0.464. The monoisotopic (exact) mass is 501 g/mol. The first-order valence-corrected chi connectivity index (χ1v) is 13.8. The zero-order valence-corrected chi connectivity index (χ0v) is 20.3. The van der Waals surface area contributed by atoms with Crippen molar-refractivity contribution in [2.75, 3.05) is 6.61 Å². The number of alkyl carbamates (subject to hydrolysis) is 1. The summed E-state index contributed by atoms with van der Waals surface area (Å²) in [7, 11) is -1.82. The average molecular weight is 501 g/mol. The van der Waals surface area contributed by atoms with Crippen LogP contribution in [0.2, 0.25) is 18.6 Å². The predicted molar refractivity (Wildman–Crippen MR) is 123 cm³/mol. The summed E-state index contributed by atoms with van der Waals surface area (Å²) in [5, 5.41) is 4.46. The number of carbonyl (C=O) groups excluding carboxylic acids is 1. The van der Waals surface area contributed by atoms with E-state index in [2.05, 4.69) is 78.3 Å². The second kappa shape index (κ2) is 9.09. The van der Waals surface area contributed by atoms with E-state index in [0.717, 1.165) is 6.61 Å². The van der Waals surface area contributed by atoms with Gasteiger partial charge in [-0.1, -0.05) is 84.2 Å². The lowest BCUT2D eigenvalue weighted by Crippen LogP contribution is -2.55. The number of amides is 1. The van der Waals surface area contributed by atoms with E-state index < -0.39 is 19.8 Å². The van der Waals surface area contributed by atoms with Crippen LogP contribution < -0.4 is 10.5 Å². The summed E-state index contributed by atoms with van der Waals surface area (Å²) in [6, 6.07) is 10.5. The molecule has 2 rings (SSSR count). The van der Waals surface area contributed by atoms with Gasteiger partial charge in [0.25, 0.3) is 0 Å². The van der Waals surface area contributed by atoms with Crippen molar-refractivity contribution in [2.45, 2.75) is 64.1 Å². The lowest BCUT2D eigenvalue weighted by atomic mass is 10.0. The van der Waals surface area contributed by atoms with Gasteiger partial charge in [0, 0.05) is 6.61 Å². The molecule has 0 bridgehead atoms. The number of rotatable bonds is 5. The van der Waals surface area contributed by atoms with Crippen LogP contribution in [0.25, 0.3) is 0 Å². The molecule has 4 atom stereocenters. The Labute approximate surface area is 178 Å². The van der Waals surface area contributed by atoms with Gasteiger partial charge in [0.2, 0.25) is 0 Å². The molecule has 0 aromatic heterocycles. The molecule has 1 aliphatic rings. The summed E-state index contributed by atoms with van der Waals surface area (Å²) >= 11 is 2.19. The summed E-state index contributed by atoms with van der Waals surface area (Å²) in [5.74, 6) is 0.447. The van der Waals surface area contributed by atoms with Crippen LogP contribution >= 0.6 is 22.6 Å². The van der Waals surface area contributed by atoms with Crippen LogP contribution in [0.5, 0.6) is 0 Å². The van der Waals surface area contributed by atoms with Crippen LogP contribution in [0.3, 0.4) is 0 Å². The van der Waals surface area contributed by atoms with Gasteiger partial charge in [-0.25, -0.2) is 4.79 Å². The molecule has 0 unspecified atom stereocenters. The van der Waals surface area contributed by atoms with E-state index in [0.29, 0.717) is 11.5 Å². The maximum Gasteiger partial charge on any atom is 0.408 e. The number of benzene rings is 1. The number of halogens is 1. The Morgan fingerprint density at radius 3 is 2.52 bits per heavy atom. The second-order valence-electron chi connectivity index (χ2n) is 8.88. The zero-order chi connectivity index (χ0) is 20.2. The fraction of sp³-hybridized carbons (Fsp3) is 0.571. The maximum absolute atomic E-state index is 12.4. The van der Waals surface area contributed by atoms with Crippen molar-refractivity contribution >= 4 is 41.9 Å². The molecule has 27 heavy (non-hydrogen) atoms. The van der Waals surface area contributed by atoms with Gasteiger partial charge in [-0.15, -0.1) is 0 Å². The molecule has 150 valence electrons. The molecule has 0 aliphatic carbocycles. The lowest BCUT2D eigenvalue weighted by Gasteiger charge is -2.38. The van der Waals surface area contributed by atoms with Gasteiger partial charge in [0.1, 0.15) is 5.60 Å². The standard InChI is InChI=1S/C21H32INO3Si/c1-15-14-25-18(17(12-13-22)23-20(24)26-21(2,3)4)19(15)27(5,6)16-10-8-7-9-11-16/h7-13,15,17-19H,14H2,1-6H3,(H,23,24)/b13-12+/t15-,17+,18-,19+/m1/s1. The minimum Gasteiger partial charge on any atom is -0.444 e. The summed E-state index contributed by atoms with van der Waals surface area (Å²) in [4.78, 5) is 12.4. The SMILES string of the molecule is C[C@@H]1CO[C@H]([C@H](/C=C/I)NC(=O)OC(C)(C)C)[C@H]1[Si](C)(C)c1ccccc1. The highest BCUT2D eigenvalue weighted by Gasteiger charge is 2.49. The molecule has 4 nitrogen and oxygen atoms in total. The Morgan fingerprint density at radius 2 is 1.96 bits per heavy atom. The lowest BCUT2D eigenvalue weighted by molar-refractivity contribution is 0.0412. The number of nitrogens with one attached hydrogen (secondary N) is 1. The molecular weight excluding hydrogens is 469 g/mol. The van der Waals surface area contributed by atoms with Crippen LogP contribution in [0.15, 0.2) is 40.5 Å². The van der Waals surface area contributed by atoms with Crippen molar-refractivity contribution < 1.29 is 14.3 Å². The van der Waals surface area contributed by atoms with Gasteiger partial charge in [-0.05, 0) is 36.3 Å². The molecule has 1 heterocycles. The fourth-order valence-electron chi connectivity index (χ4n) is 4.06. The van der Waals surface area contributed by atoms with Crippen molar-refractivity contribution in [1.82, 2.24) is 5.32 Å². The fourth-order valence-corrected chi connectivity index (χ4v) is 8.59. The Bertz CT molecular complexity index is 657. The molecule has 0 spiro atoms.